The molecule has 0 aromatic heterocycles. The Morgan fingerprint density at radius 1 is 0.833 bits per heavy atom. The van der Waals surface area contributed by atoms with Gasteiger partial charge in [0.2, 0.25) is 0 Å². The fourth-order valence-electron chi connectivity index (χ4n) is 2.50. The first-order valence-electron chi connectivity index (χ1n) is 4.96. The molecule has 0 saturated carbocycles. The zero-order chi connectivity index (χ0) is 8.55. The third kappa shape index (κ3) is 0.979. The van der Waals surface area contributed by atoms with E-state index in [2.05, 4.69) is 38.1 Å². The number of fused-ring (bicyclic) bond motifs is 3. The van der Waals surface area contributed by atoms with Gasteiger partial charge in [0.25, 0.3) is 0 Å². The van der Waals surface area contributed by atoms with Gasteiger partial charge in [0.1, 0.15) is 0 Å². The largest absolute Gasteiger partial charge is 0.0648 e. The fourth-order valence-corrected chi connectivity index (χ4v) is 2.50. The zero-order valence-electron chi connectivity index (χ0n) is 7.88. The molecule has 0 nitrogen and oxygen atoms in total. The molecule has 2 aliphatic carbocycles. The van der Waals surface area contributed by atoms with Gasteiger partial charge in [0, 0.05) is 0 Å². The van der Waals surface area contributed by atoms with Crippen molar-refractivity contribution in [1.82, 2.24) is 0 Å². The van der Waals surface area contributed by atoms with Crippen LogP contribution in [-0.4, -0.2) is 0 Å². The second kappa shape index (κ2) is 2.93. The van der Waals surface area contributed by atoms with Crippen molar-refractivity contribution in [3.63, 3.8) is 0 Å². The molecule has 2 atom stereocenters. The van der Waals surface area contributed by atoms with E-state index in [1.54, 1.807) is 11.1 Å². The molecule has 0 amide bonds. The molecule has 0 saturated heterocycles. The van der Waals surface area contributed by atoms with Crippen LogP contribution in [0.3, 0.4) is 0 Å². The summed E-state index contributed by atoms with van der Waals surface area (Å²) in [5, 5.41) is 0. The quantitative estimate of drug-likeness (QED) is 0.619. The van der Waals surface area contributed by atoms with Crippen molar-refractivity contribution in [3.8, 4) is 0 Å². The molecule has 12 heavy (non-hydrogen) atoms. The number of benzene rings is 1. The average molecular weight is 160 g/mol. The lowest BCUT2D eigenvalue weighted by Gasteiger charge is -2.31. The highest BCUT2D eigenvalue weighted by Gasteiger charge is 2.25. The van der Waals surface area contributed by atoms with Crippen LogP contribution in [0, 0.1) is 0 Å². The van der Waals surface area contributed by atoms with Crippen LogP contribution in [-0.2, 0) is 0 Å². The van der Waals surface area contributed by atoms with E-state index < -0.39 is 0 Å². The Kier molecular flexibility index (Phi) is 1.92. The van der Waals surface area contributed by atoms with Crippen molar-refractivity contribution >= 4 is 0 Å². The van der Waals surface area contributed by atoms with E-state index in [0.717, 1.165) is 11.8 Å². The minimum Gasteiger partial charge on any atom is -0.0648 e. The molecular weight excluding hydrogens is 144 g/mol. The maximum atomic E-state index is 2.29. The van der Waals surface area contributed by atoms with Gasteiger partial charge >= 0.3 is 0 Å². The van der Waals surface area contributed by atoms with E-state index in [4.69, 9.17) is 0 Å². The molecule has 0 fully saturated rings. The number of hydrogen-bond acceptors (Lipinski definition) is 0. The molecule has 0 radical (unpaired) electrons. The second-order valence-corrected chi connectivity index (χ2v) is 3.70. The molecule has 3 rings (SSSR count). The smallest absolute Gasteiger partial charge is 0.00958 e. The standard InChI is InChI=1S/C12H16/c1-3-11-9-5-7-10(8-6-9)12(11)4-2/h5-8,11-12H,3-4H2,1-2H3. The van der Waals surface area contributed by atoms with E-state index in [9.17, 15) is 0 Å². The van der Waals surface area contributed by atoms with Crippen molar-refractivity contribution in [1.29, 1.82) is 0 Å². The molecule has 0 spiro atoms. The van der Waals surface area contributed by atoms with Gasteiger partial charge in [0.05, 0.1) is 0 Å². The summed E-state index contributed by atoms with van der Waals surface area (Å²) in [5.74, 6) is 1.61. The Hall–Kier alpha value is -0.780. The number of hydrogen-bond donors (Lipinski definition) is 0. The van der Waals surface area contributed by atoms with Crippen LogP contribution in [0.4, 0.5) is 0 Å². The topological polar surface area (TPSA) is 0 Å². The van der Waals surface area contributed by atoms with Gasteiger partial charge in [-0.1, -0.05) is 38.1 Å². The zero-order valence-corrected chi connectivity index (χ0v) is 7.88. The highest BCUT2D eigenvalue weighted by atomic mass is 14.3. The van der Waals surface area contributed by atoms with Crippen LogP contribution in [0.15, 0.2) is 24.3 Å². The summed E-state index contributed by atoms with van der Waals surface area (Å²) in [6, 6.07) is 9.15. The van der Waals surface area contributed by atoms with Gasteiger partial charge in [-0.25, -0.2) is 0 Å². The molecule has 0 heteroatoms. The second-order valence-electron chi connectivity index (χ2n) is 3.70. The third-order valence-corrected chi connectivity index (χ3v) is 3.16. The molecule has 1 aromatic rings. The number of rotatable bonds is 2. The predicted molar refractivity (Wildman–Crippen MR) is 52.5 cm³/mol. The highest BCUT2D eigenvalue weighted by molar-refractivity contribution is 5.36. The monoisotopic (exact) mass is 160 g/mol. The van der Waals surface area contributed by atoms with Crippen LogP contribution < -0.4 is 0 Å². The molecule has 0 heterocycles. The van der Waals surface area contributed by atoms with Crippen LogP contribution in [0.2, 0.25) is 0 Å². The molecule has 2 unspecified atom stereocenters. The summed E-state index contributed by atoms with van der Waals surface area (Å²) in [6.45, 7) is 4.59. The Morgan fingerprint density at radius 2 is 1.17 bits per heavy atom. The van der Waals surface area contributed by atoms with Crippen LogP contribution in [0.1, 0.15) is 49.7 Å². The van der Waals surface area contributed by atoms with E-state index in [1.165, 1.54) is 12.8 Å². The van der Waals surface area contributed by atoms with Crippen LogP contribution >= 0.6 is 0 Å². The van der Waals surface area contributed by atoms with Gasteiger partial charge in [-0.2, -0.15) is 0 Å². The van der Waals surface area contributed by atoms with E-state index in [0.29, 0.717) is 0 Å². The highest BCUT2D eigenvalue weighted by Crippen LogP contribution is 2.42. The van der Waals surface area contributed by atoms with E-state index in [1.807, 2.05) is 0 Å². The van der Waals surface area contributed by atoms with Gasteiger partial charge in [-0.05, 0) is 35.8 Å². The van der Waals surface area contributed by atoms with Crippen LogP contribution in [0.5, 0.6) is 0 Å². The van der Waals surface area contributed by atoms with Crippen molar-refractivity contribution in [2.45, 2.75) is 38.5 Å². The lowest BCUT2D eigenvalue weighted by Crippen LogP contribution is -2.14. The Bertz CT molecular complexity index is 229. The van der Waals surface area contributed by atoms with E-state index >= 15 is 0 Å². The molecule has 1 aromatic carbocycles. The summed E-state index contributed by atoms with van der Waals surface area (Å²) in [5.41, 5.74) is 3.08. The van der Waals surface area contributed by atoms with Crippen molar-refractivity contribution in [3.05, 3.63) is 35.4 Å². The Labute approximate surface area is 74.6 Å². The van der Waals surface area contributed by atoms with Crippen molar-refractivity contribution in [2.75, 3.05) is 0 Å². The average Bonchev–Trinajstić information content (AvgIpc) is 2.18. The van der Waals surface area contributed by atoms with E-state index in [-0.39, 0.29) is 0 Å². The minimum absolute atomic E-state index is 0.806. The Balaban J connectivity index is 2.40. The fraction of sp³-hybridized carbons (Fsp3) is 0.500. The lowest BCUT2D eigenvalue weighted by atomic mass is 9.74. The molecule has 64 valence electrons. The van der Waals surface area contributed by atoms with Gasteiger partial charge < -0.3 is 0 Å². The first-order chi connectivity index (χ1) is 5.86. The summed E-state index contributed by atoms with van der Waals surface area (Å²) in [4.78, 5) is 0. The molecule has 0 aliphatic heterocycles. The first kappa shape index (κ1) is 7.85. The normalized spacial score (nSPS) is 26.2. The SMILES string of the molecule is CCC1c2ccc(cc2)C1CC. The van der Waals surface area contributed by atoms with Crippen molar-refractivity contribution < 1.29 is 0 Å². The predicted octanol–water partition coefficient (Wildman–Crippen LogP) is 3.69. The Morgan fingerprint density at radius 3 is 1.42 bits per heavy atom. The molecule has 2 bridgehead atoms. The van der Waals surface area contributed by atoms with Gasteiger partial charge in [0.15, 0.2) is 0 Å². The summed E-state index contributed by atoms with van der Waals surface area (Å²) < 4.78 is 0. The summed E-state index contributed by atoms with van der Waals surface area (Å²) in [7, 11) is 0. The third-order valence-electron chi connectivity index (χ3n) is 3.16. The van der Waals surface area contributed by atoms with Crippen molar-refractivity contribution in [2.24, 2.45) is 0 Å². The summed E-state index contributed by atoms with van der Waals surface area (Å²) in [6.07, 6.45) is 2.57. The molecule has 2 aliphatic rings. The first-order valence-corrected chi connectivity index (χ1v) is 4.96. The maximum absolute atomic E-state index is 2.29. The summed E-state index contributed by atoms with van der Waals surface area (Å²) >= 11 is 0. The van der Waals surface area contributed by atoms with Gasteiger partial charge in [-0.15, -0.1) is 0 Å². The molecule has 0 N–H and O–H groups in total. The molecular formula is C12H16. The maximum Gasteiger partial charge on any atom is -0.00958 e. The van der Waals surface area contributed by atoms with Crippen LogP contribution in [0.25, 0.3) is 0 Å². The van der Waals surface area contributed by atoms with Gasteiger partial charge in [-0.3, -0.25) is 0 Å². The lowest BCUT2D eigenvalue weighted by molar-refractivity contribution is 0.497. The minimum atomic E-state index is 0.806.